The van der Waals surface area contributed by atoms with Gasteiger partial charge in [0.05, 0.1) is 12.8 Å². The lowest BCUT2D eigenvalue weighted by atomic mass is 10.1. The zero-order chi connectivity index (χ0) is 21.5. The highest BCUT2D eigenvalue weighted by Gasteiger charge is 2.21. The fraction of sp³-hybridized carbons (Fsp3) is 0.0455. The number of para-hydroxylation sites is 1. The lowest BCUT2D eigenvalue weighted by Gasteiger charge is -2.19. The number of nitrogens with zero attached hydrogens (tertiary/aromatic N) is 1. The number of thiol groups is 1. The predicted molar refractivity (Wildman–Crippen MR) is 118 cm³/mol. The van der Waals surface area contributed by atoms with Gasteiger partial charge in [-0.05, 0) is 42.5 Å². The summed E-state index contributed by atoms with van der Waals surface area (Å²) >= 11 is 4.20. The second kappa shape index (κ2) is 9.62. The van der Waals surface area contributed by atoms with Crippen LogP contribution in [0.5, 0.6) is 5.75 Å². The van der Waals surface area contributed by atoms with Crippen molar-refractivity contribution < 1.29 is 19.1 Å². The topological polar surface area (TPSA) is 87.7 Å². The number of hydrogen-bond acceptors (Lipinski definition) is 5. The average molecular weight is 421 g/mol. The van der Waals surface area contributed by atoms with Crippen molar-refractivity contribution in [2.75, 3.05) is 16.7 Å². The second-order valence-corrected chi connectivity index (χ2v) is 6.54. The van der Waals surface area contributed by atoms with E-state index in [1.165, 1.54) is 13.2 Å². The third-order valence-electron chi connectivity index (χ3n) is 4.15. The molecule has 3 aromatic rings. The lowest BCUT2D eigenvalue weighted by Crippen LogP contribution is -2.38. The maximum Gasteiger partial charge on any atom is 0.338 e. The molecular formula is C22H19N3O4S. The van der Waals surface area contributed by atoms with Gasteiger partial charge in [0.2, 0.25) is 0 Å². The van der Waals surface area contributed by atoms with E-state index in [9.17, 15) is 14.4 Å². The van der Waals surface area contributed by atoms with E-state index in [0.29, 0.717) is 17.0 Å². The molecule has 152 valence electrons. The minimum absolute atomic E-state index is 0.208. The maximum atomic E-state index is 12.6. The molecule has 3 rings (SSSR count). The Morgan fingerprint density at radius 3 is 2.10 bits per heavy atom. The molecule has 2 N–H and O–H groups in total. The molecule has 3 aromatic carbocycles. The van der Waals surface area contributed by atoms with Crippen LogP contribution < -0.4 is 19.7 Å². The summed E-state index contributed by atoms with van der Waals surface area (Å²) in [5.41, 5.74) is 1.46. The van der Waals surface area contributed by atoms with Crippen LogP contribution in [0.3, 0.4) is 0 Å². The Morgan fingerprint density at radius 1 is 0.833 bits per heavy atom. The second-order valence-electron chi connectivity index (χ2n) is 6.14. The molecular weight excluding hydrogens is 402 g/mol. The van der Waals surface area contributed by atoms with Gasteiger partial charge >= 0.3 is 6.03 Å². The highest BCUT2D eigenvalue weighted by Crippen LogP contribution is 2.31. The van der Waals surface area contributed by atoms with Crippen LogP contribution in [-0.2, 0) is 0 Å². The van der Waals surface area contributed by atoms with Crippen molar-refractivity contribution in [3.8, 4) is 5.75 Å². The van der Waals surface area contributed by atoms with Crippen molar-refractivity contribution in [1.29, 1.82) is 0 Å². The lowest BCUT2D eigenvalue weighted by molar-refractivity contribution is 0.0965. The molecule has 0 spiro atoms. The maximum absolute atomic E-state index is 12.6. The number of ether oxygens (including phenoxy) is 1. The summed E-state index contributed by atoms with van der Waals surface area (Å²) in [5, 5.41) is 5.02. The van der Waals surface area contributed by atoms with Crippen LogP contribution >= 0.6 is 12.8 Å². The highest BCUT2D eigenvalue weighted by atomic mass is 32.1. The number of rotatable bonds is 5. The zero-order valence-corrected chi connectivity index (χ0v) is 16.9. The van der Waals surface area contributed by atoms with Crippen molar-refractivity contribution in [1.82, 2.24) is 5.32 Å². The molecule has 30 heavy (non-hydrogen) atoms. The molecule has 0 aliphatic rings. The molecule has 0 fully saturated rings. The molecule has 0 radical (unpaired) electrons. The summed E-state index contributed by atoms with van der Waals surface area (Å²) in [5.74, 6) is -0.632. The molecule has 0 saturated carbocycles. The van der Waals surface area contributed by atoms with Gasteiger partial charge < -0.3 is 10.1 Å². The van der Waals surface area contributed by atoms with Gasteiger partial charge in [0.25, 0.3) is 11.8 Å². The number of benzene rings is 3. The van der Waals surface area contributed by atoms with Gasteiger partial charge in [-0.25, -0.2) is 9.10 Å². The summed E-state index contributed by atoms with van der Waals surface area (Å²) in [6.45, 7) is 0. The van der Waals surface area contributed by atoms with E-state index in [-0.39, 0.29) is 17.2 Å². The molecule has 0 aromatic heterocycles. The molecule has 0 atom stereocenters. The van der Waals surface area contributed by atoms with E-state index in [4.69, 9.17) is 4.74 Å². The molecule has 4 amide bonds. The predicted octanol–water partition coefficient (Wildman–Crippen LogP) is 4.15. The van der Waals surface area contributed by atoms with Gasteiger partial charge in [0.15, 0.2) is 0 Å². The van der Waals surface area contributed by atoms with E-state index >= 15 is 0 Å². The molecule has 0 saturated heterocycles. The van der Waals surface area contributed by atoms with Gasteiger partial charge in [0.1, 0.15) is 5.75 Å². The van der Waals surface area contributed by atoms with Crippen LogP contribution in [0.15, 0.2) is 78.9 Å². The van der Waals surface area contributed by atoms with Gasteiger partial charge in [-0.1, -0.05) is 49.2 Å². The van der Waals surface area contributed by atoms with Crippen LogP contribution in [-0.4, -0.2) is 25.0 Å². The normalized spacial score (nSPS) is 10.1. The Morgan fingerprint density at radius 2 is 1.47 bits per heavy atom. The van der Waals surface area contributed by atoms with E-state index in [1.54, 1.807) is 66.7 Å². The Kier molecular flexibility index (Phi) is 6.71. The number of methoxy groups -OCH3 is 1. The summed E-state index contributed by atoms with van der Waals surface area (Å²) in [7, 11) is 1.43. The fourth-order valence-corrected chi connectivity index (χ4v) is 2.85. The number of hydrogen-bond donors (Lipinski definition) is 3. The Balaban J connectivity index is 1.79. The number of imide groups is 1. The number of anilines is 2. The van der Waals surface area contributed by atoms with E-state index in [1.807, 2.05) is 6.07 Å². The Bertz CT molecular complexity index is 1060. The summed E-state index contributed by atoms with van der Waals surface area (Å²) in [6, 6.07) is 21.1. The molecule has 0 aliphatic heterocycles. The zero-order valence-electron chi connectivity index (χ0n) is 16.0. The van der Waals surface area contributed by atoms with Crippen molar-refractivity contribution in [3.63, 3.8) is 0 Å². The molecule has 0 bridgehead atoms. The first kappa shape index (κ1) is 20.9. The fourth-order valence-electron chi connectivity index (χ4n) is 2.64. The monoisotopic (exact) mass is 421 g/mol. The largest absolute Gasteiger partial charge is 0.495 e. The number of nitrogens with one attached hydrogen (secondary N) is 2. The standard InChI is InChI=1S/C22H19N3O4S/c1-29-19-13-12-16(21(27)23-17-10-6-3-7-11-17)14-18(19)25(30)22(28)24-20(26)15-8-4-2-5-9-15/h2-14,30H,1H3,(H,23,27)(H,24,26,28). The van der Waals surface area contributed by atoms with E-state index < -0.39 is 11.9 Å². The first-order valence-electron chi connectivity index (χ1n) is 8.93. The minimum atomic E-state index is -0.786. The first-order valence-corrected chi connectivity index (χ1v) is 9.33. The molecule has 8 heteroatoms. The average Bonchev–Trinajstić information content (AvgIpc) is 2.79. The van der Waals surface area contributed by atoms with Crippen molar-refractivity contribution in [2.24, 2.45) is 0 Å². The Labute approximate surface area is 179 Å². The minimum Gasteiger partial charge on any atom is -0.495 e. The quantitative estimate of drug-likeness (QED) is 0.540. The SMILES string of the molecule is COc1ccc(C(=O)Nc2ccccc2)cc1N(S)C(=O)NC(=O)c1ccccc1. The number of carbonyl (C=O) groups is 3. The molecule has 0 unspecified atom stereocenters. The third-order valence-corrected chi connectivity index (χ3v) is 4.55. The Hall–Kier alpha value is -3.78. The highest BCUT2D eigenvalue weighted by molar-refractivity contribution is 7.82. The molecule has 0 heterocycles. The van der Waals surface area contributed by atoms with Crippen molar-refractivity contribution in [2.45, 2.75) is 0 Å². The van der Waals surface area contributed by atoms with Gasteiger partial charge in [-0.2, -0.15) is 0 Å². The van der Waals surface area contributed by atoms with Gasteiger partial charge in [0, 0.05) is 16.8 Å². The number of amides is 4. The van der Waals surface area contributed by atoms with Gasteiger partial charge in [-0.3, -0.25) is 14.9 Å². The third kappa shape index (κ3) is 4.98. The number of urea groups is 1. The summed E-state index contributed by atoms with van der Waals surface area (Å²) in [4.78, 5) is 37.3. The van der Waals surface area contributed by atoms with Crippen molar-refractivity contribution in [3.05, 3.63) is 90.0 Å². The van der Waals surface area contributed by atoms with Crippen molar-refractivity contribution >= 4 is 42.0 Å². The van der Waals surface area contributed by atoms with Crippen LogP contribution in [0.1, 0.15) is 20.7 Å². The summed E-state index contributed by atoms with van der Waals surface area (Å²) in [6.07, 6.45) is 0. The first-order chi connectivity index (χ1) is 14.5. The summed E-state index contributed by atoms with van der Waals surface area (Å²) < 4.78 is 6.19. The van der Waals surface area contributed by atoms with E-state index in [2.05, 4.69) is 23.4 Å². The smallest absolute Gasteiger partial charge is 0.338 e. The van der Waals surface area contributed by atoms with Crippen LogP contribution in [0.2, 0.25) is 0 Å². The van der Waals surface area contributed by atoms with Crippen LogP contribution in [0, 0.1) is 0 Å². The van der Waals surface area contributed by atoms with Crippen LogP contribution in [0.25, 0.3) is 0 Å². The van der Waals surface area contributed by atoms with Gasteiger partial charge in [-0.15, -0.1) is 0 Å². The molecule has 0 aliphatic carbocycles. The van der Waals surface area contributed by atoms with Crippen LogP contribution in [0.4, 0.5) is 16.2 Å². The van der Waals surface area contributed by atoms with E-state index in [0.717, 1.165) is 4.31 Å². The molecule has 7 nitrogen and oxygen atoms in total. The number of carbonyl (C=O) groups excluding carboxylic acids is 3.